The second kappa shape index (κ2) is 7.33. The highest BCUT2D eigenvalue weighted by Crippen LogP contribution is 2.37. The molecule has 0 amide bonds. The molecule has 2 nitrogen and oxygen atoms in total. The van der Waals surface area contributed by atoms with Crippen LogP contribution in [0.3, 0.4) is 0 Å². The maximum atomic E-state index is 9.87. The van der Waals surface area contributed by atoms with Crippen LogP contribution in [0, 0.1) is 0 Å². The van der Waals surface area contributed by atoms with Crippen LogP contribution >= 0.6 is 44.3 Å². The number of benzene rings is 1. The molecule has 3 N–H and O–H groups in total. The van der Waals surface area contributed by atoms with Gasteiger partial charge in [-0.2, -0.15) is 0 Å². The zero-order valence-electron chi connectivity index (χ0n) is 8.62. The summed E-state index contributed by atoms with van der Waals surface area (Å²) in [5.74, 6) is 0.209. The number of aromatic hydroxyl groups is 1. The highest BCUT2D eigenvalue weighted by atomic mass is 79.9. The van der Waals surface area contributed by atoms with Gasteiger partial charge in [-0.05, 0) is 40.9 Å². The Morgan fingerprint density at radius 2 is 1.94 bits per heavy atom. The first-order valence-electron chi connectivity index (χ1n) is 4.61. The van der Waals surface area contributed by atoms with Crippen LogP contribution in [0.1, 0.15) is 24.4 Å². The maximum absolute atomic E-state index is 9.87. The summed E-state index contributed by atoms with van der Waals surface area (Å²) >= 11 is 6.66. The van der Waals surface area contributed by atoms with E-state index in [9.17, 15) is 5.11 Å². The lowest BCUT2D eigenvalue weighted by Crippen LogP contribution is -2.11. The molecule has 0 aliphatic heterocycles. The van der Waals surface area contributed by atoms with Gasteiger partial charge in [0.05, 0.1) is 4.47 Å². The molecule has 1 aromatic rings. The molecule has 1 atom stereocenters. The zero-order chi connectivity index (χ0) is 11.4. The first kappa shape index (κ1) is 16.0. The topological polar surface area (TPSA) is 46.2 Å². The van der Waals surface area contributed by atoms with Crippen molar-refractivity contribution >= 4 is 44.3 Å². The van der Waals surface area contributed by atoms with Crippen LogP contribution in [0.2, 0.25) is 0 Å². The monoisotopic (exact) mass is 369 g/mol. The molecule has 5 heteroatoms. The Labute approximate surface area is 119 Å². The SMILES string of the molecule is C=CCC[C@H](N)c1c(Br)ccc(Br)c1O.Cl. The van der Waals surface area contributed by atoms with Crippen molar-refractivity contribution in [2.24, 2.45) is 5.73 Å². The molecule has 0 radical (unpaired) electrons. The average molecular weight is 371 g/mol. The van der Waals surface area contributed by atoms with Crippen molar-refractivity contribution in [2.75, 3.05) is 0 Å². The third-order valence-electron chi connectivity index (χ3n) is 2.17. The molecule has 1 aromatic carbocycles. The van der Waals surface area contributed by atoms with E-state index in [1.54, 1.807) is 6.07 Å². The van der Waals surface area contributed by atoms with Crippen molar-refractivity contribution in [2.45, 2.75) is 18.9 Å². The van der Waals surface area contributed by atoms with Crippen molar-refractivity contribution < 1.29 is 5.11 Å². The van der Waals surface area contributed by atoms with Crippen molar-refractivity contribution in [3.8, 4) is 5.75 Å². The van der Waals surface area contributed by atoms with Gasteiger partial charge in [0.25, 0.3) is 0 Å². The molecule has 0 saturated heterocycles. The van der Waals surface area contributed by atoms with Crippen LogP contribution in [0.4, 0.5) is 0 Å². The molecule has 0 heterocycles. The van der Waals surface area contributed by atoms with Crippen LogP contribution < -0.4 is 5.73 Å². The molecular formula is C11H14Br2ClNO. The third-order valence-corrected chi connectivity index (χ3v) is 3.50. The van der Waals surface area contributed by atoms with Gasteiger partial charge in [-0.1, -0.05) is 22.0 Å². The van der Waals surface area contributed by atoms with E-state index < -0.39 is 0 Å². The largest absolute Gasteiger partial charge is 0.506 e. The number of hydrogen-bond acceptors (Lipinski definition) is 2. The Hall–Kier alpha value is -0.0300. The molecular weight excluding hydrogens is 357 g/mol. The highest BCUT2D eigenvalue weighted by Gasteiger charge is 2.16. The Balaban J connectivity index is 0.00000225. The Kier molecular flexibility index (Phi) is 7.31. The number of halogens is 3. The predicted molar refractivity (Wildman–Crippen MR) is 77.1 cm³/mol. The number of allylic oxidation sites excluding steroid dienone is 1. The molecule has 0 spiro atoms. The number of phenols is 1. The van der Waals surface area contributed by atoms with Gasteiger partial charge in [-0.3, -0.25) is 0 Å². The summed E-state index contributed by atoms with van der Waals surface area (Å²) in [5.41, 5.74) is 6.73. The summed E-state index contributed by atoms with van der Waals surface area (Å²) < 4.78 is 1.49. The lowest BCUT2D eigenvalue weighted by Gasteiger charge is -2.15. The lowest BCUT2D eigenvalue weighted by molar-refractivity contribution is 0.454. The fraction of sp³-hybridized carbons (Fsp3) is 0.273. The molecule has 0 aliphatic rings. The summed E-state index contributed by atoms with van der Waals surface area (Å²) in [6.07, 6.45) is 3.43. The van der Waals surface area contributed by atoms with Gasteiger partial charge in [0.1, 0.15) is 5.75 Å². The number of nitrogens with two attached hydrogens (primary N) is 1. The van der Waals surface area contributed by atoms with Gasteiger partial charge in [-0.15, -0.1) is 19.0 Å². The van der Waals surface area contributed by atoms with Crippen LogP contribution in [-0.2, 0) is 0 Å². The van der Waals surface area contributed by atoms with Crippen LogP contribution in [0.5, 0.6) is 5.75 Å². The van der Waals surface area contributed by atoms with Crippen molar-refractivity contribution in [3.63, 3.8) is 0 Å². The minimum Gasteiger partial charge on any atom is -0.506 e. The number of phenolic OH excluding ortho intramolecular Hbond substituents is 1. The summed E-state index contributed by atoms with van der Waals surface area (Å²) in [7, 11) is 0. The fourth-order valence-electron chi connectivity index (χ4n) is 1.35. The van der Waals surface area contributed by atoms with E-state index in [1.807, 2.05) is 12.1 Å². The molecule has 1 rings (SSSR count). The van der Waals surface area contributed by atoms with Crippen LogP contribution in [0.15, 0.2) is 33.7 Å². The van der Waals surface area contributed by atoms with Crippen molar-refractivity contribution in [1.29, 1.82) is 0 Å². The quantitative estimate of drug-likeness (QED) is 0.775. The second-order valence-corrected chi connectivity index (χ2v) is 4.97. The van der Waals surface area contributed by atoms with Gasteiger partial charge >= 0.3 is 0 Å². The first-order valence-corrected chi connectivity index (χ1v) is 6.20. The summed E-state index contributed by atoms with van der Waals surface area (Å²) in [6, 6.07) is 3.46. The molecule has 90 valence electrons. The van der Waals surface area contributed by atoms with Gasteiger partial charge in [0.2, 0.25) is 0 Å². The van der Waals surface area contributed by atoms with Crippen LogP contribution in [0.25, 0.3) is 0 Å². The molecule has 0 bridgehead atoms. The van der Waals surface area contributed by atoms with E-state index in [0.717, 1.165) is 22.9 Å². The van der Waals surface area contributed by atoms with Gasteiger partial charge < -0.3 is 10.8 Å². The minimum absolute atomic E-state index is 0. The molecule has 0 aromatic heterocycles. The third kappa shape index (κ3) is 3.77. The van der Waals surface area contributed by atoms with Gasteiger partial charge in [0.15, 0.2) is 0 Å². The standard InChI is InChI=1S/C11H13Br2NO.ClH/c1-2-3-4-9(14)10-7(12)5-6-8(13)11(10)15;/h2,5-6,9,15H,1,3-4,14H2;1H/t9-;/m0./s1. The summed E-state index contributed by atoms with van der Waals surface area (Å²) in [6.45, 7) is 3.65. The predicted octanol–water partition coefficient (Wildman–Crippen LogP) is 4.31. The Morgan fingerprint density at radius 1 is 1.38 bits per heavy atom. The molecule has 0 saturated carbocycles. The van der Waals surface area contributed by atoms with Crippen molar-refractivity contribution in [1.82, 2.24) is 0 Å². The van der Waals surface area contributed by atoms with Gasteiger partial charge in [-0.25, -0.2) is 0 Å². The van der Waals surface area contributed by atoms with E-state index in [2.05, 4.69) is 38.4 Å². The fourth-order valence-corrected chi connectivity index (χ4v) is 2.31. The number of hydrogen-bond donors (Lipinski definition) is 2. The summed E-state index contributed by atoms with van der Waals surface area (Å²) in [5, 5.41) is 9.87. The van der Waals surface area contributed by atoms with Crippen molar-refractivity contribution in [3.05, 3.63) is 39.3 Å². The summed E-state index contributed by atoms with van der Waals surface area (Å²) in [4.78, 5) is 0. The minimum atomic E-state index is -0.185. The normalized spacial score (nSPS) is 11.7. The van der Waals surface area contributed by atoms with E-state index >= 15 is 0 Å². The smallest absolute Gasteiger partial charge is 0.135 e. The Bertz CT molecular complexity index is 371. The van der Waals surface area contributed by atoms with E-state index in [4.69, 9.17) is 5.73 Å². The highest BCUT2D eigenvalue weighted by molar-refractivity contribution is 9.11. The molecule has 16 heavy (non-hydrogen) atoms. The number of rotatable bonds is 4. The Morgan fingerprint density at radius 3 is 2.50 bits per heavy atom. The average Bonchev–Trinajstić information content (AvgIpc) is 2.21. The van der Waals surface area contributed by atoms with E-state index in [0.29, 0.717) is 4.47 Å². The first-order chi connectivity index (χ1) is 7.07. The maximum Gasteiger partial charge on any atom is 0.135 e. The second-order valence-electron chi connectivity index (χ2n) is 3.26. The van der Waals surface area contributed by atoms with Crippen LogP contribution in [-0.4, -0.2) is 5.11 Å². The van der Waals surface area contributed by atoms with Gasteiger partial charge in [0, 0.05) is 16.1 Å². The molecule has 0 aliphatic carbocycles. The lowest BCUT2D eigenvalue weighted by atomic mass is 10.0. The molecule has 0 fully saturated rings. The molecule has 0 unspecified atom stereocenters. The van der Waals surface area contributed by atoms with E-state index in [1.165, 1.54) is 0 Å². The van der Waals surface area contributed by atoms with E-state index in [-0.39, 0.29) is 24.2 Å². The zero-order valence-corrected chi connectivity index (χ0v) is 12.6.